The van der Waals surface area contributed by atoms with E-state index < -0.39 is 0 Å². The molecule has 1 unspecified atom stereocenters. The van der Waals surface area contributed by atoms with E-state index in [2.05, 4.69) is 50.4 Å². The first-order valence-electron chi connectivity index (χ1n) is 7.22. The SMILES string of the molecule is CC(C)CCNCC(C)OCC=Cc1ccccc1. The molecular formula is C17H27NO. The number of nitrogens with one attached hydrogen (secondary N) is 1. The monoisotopic (exact) mass is 261 g/mol. The fourth-order valence-electron chi connectivity index (χ4n) is 1.72. The van der Waals surface area contributed by atoms with Crippen molar-refractivity contribution in [1.29, 1.82) is 0 Å². The van der Waals surface area contributed by atoms with Crippen LogP contribution in [0.1, 0.15) is 32.8 Å². The summed E-state index contributed by atoms with van der Waals surface area (Å²) in [6.45, 7) is 9.27. The first-order valence-corrected chi connectivity index (χ1v) is 7.22. The fourth-order valence-corrected chi connectivity index (χ4v) is 1.72. The molecule has 1 aromatic carbocycles. The molecule has 0 bridgehead atoms. The molecule has 2 nitrogen and oxygen atoms in total. The second-order valence-corrected chi connectivity index (χ2v) is 5.34. The summed E-state index contributed by atoms with van der Waals surface area (Å²) in [4.78, 5) is 0. The molecule has 0 fully saturated rings. The summed E-state index contributed by atoms with van der Waals surface area (Å²) in [5.74, 6) is 0.762. The molecule has 0 amide bonds. The van der Waals surface area contributed by atoms with E-state index in [4.69, 9.17) is 4.74 Å². The second kappa shape index (κ2) is 9.76. The van der Waals surface area contributed by atoms with Crippen LogP contribution in [0.3, 0.4) is 0 Å². The predicted molar refractivity (Wildman–Crippen MR) is 83.2 cm³/mol. The van der Waals surface area contributed by atoms with E-state index in [1.54, 1.807) is 0 Å². The van der Waals surface area contributed by atoms with Gasteiger partial charge in [0.1, 0.15) is 0 Å². The van der Waals surface area contributed by atoms with Gasteiger partial charge in [-0.15, -0.1) is 0 Å². The molecule has 2 heteroatoms. The maximum absolute atomic E-state index is 5.72. The van der Waals surface area contributed by atoms with Crippen molar-refractivity contribution in [3.8, 4) is 0 Å². The first kappa shape index (κ1) is 15.9. The van der Waals surface area contributed by atoms with Crippen LogP contribution < -0.4 is 5.32 Å². The van der Waals surface area contributed by atoms with E-state index in [1.165, 1.54) is 12.0 Å². The van der Waals surface area contributed by atoms with E-state index in [9.17, 15) is 0 Å². The summed E-state index contributed by atoms with van der Waals surface area (Å²) in [6, 6.07) is 10.3. The lowest BCUT2D eigenvalue weighted by Gasteiger charge is -2.13. The molecule has 1 aromatic rings. The molecule has 1 rings (SSSR count). The van der Waals surface area contributed by atoms with Crippen molar-refractivity contribution in [3.05, 3.63) is 42.0 Å². The second-order valence-electron chi connectivity index (χ2n) is 5.34. The normalized spacial score (nSPS) is 13.3. The molecule has 19 heavy (non-hydrogen) atoms. The Labute approximate surface area is 117 Å². The van der Waals surface area contributed by atoms with Gasteiger partial charge in [-0.2, -0.15) is 0 Å². The fraction of sp³-hybridized carbons (Fsp3) is 0.529. The Morgan fingerprint density at radius 2 is 1.89 bits per heavy atom. The van der Waals surface area contributed by atoms with Crippen molar-refractivity contribution >= 4 is 6.08 Å². The number of benzene rings is 1. The minimum absolute atomic E-state index is 0.257. The average Bonchev–Trinajstić information content (AvgIpc) is 2.41. The number of ether oxygens (including phenoxy) is 1. The third kappa shape index (κ3) is 8.57. The Bertz CT molecular complexity index is 346. The van der Waals surface area contributed by atoms with Gasteiger partial charge in [-0.05, 0) is 31.4 Å². The Morgan fingerprint density at radius 3 is 2.58 bits per heavy atom. The molecular weight excluding hydrogens is 234 g/mol. The van der Waals surface area contributed by atoms with Gasteiger partial charge in [-0.3, -0.25) is 0 Å². The van der Waals surface area contributed by atoms with Crippen molar-refractivity contribution in [3.63, 3.8) is 0 Å². The van der Waals surface area contributed by atoms with Crippen LogP contribution in [0.15, 0.2) is 36.4 Å². The van der Waals surface area contributed by atoms with Gasteiger partial charge in [-0.1, -0.05) is 56.3 Å². The highest BCUT2D eigenvalue weighted by molar-refractivity contribution is 5.48. The maximum atomic E-state index is 5.72. The molecule has 0 heterocycles. The summed E-state index contributed by atoms with van der Waals surface area (Å²) in [5, 5.41) is 3.43. The van der Waals surface area contributed by atoms with Crippen molar-refractivity contribution in [2.24, 2.45) is 5.92 Å². The van der Waals surface area contributed by atoms with Crippen LogP contribution in [-0.4, -0.2) is 25.8 Å². The zero-order chi connectivity index (χ0) is 13.9. The van der Waals surface area contributed by atoms with Crippen LogP contribution >= 0.6 is 0 Å². The Morgan fingerprint density at radius 1 is 1.16 bits per heavy atom. The molecule has 1 N–H and O–H groups in total. The zero-order valence-electron chi connectivity index (χ0n) is 12.4. The topological polar surface area (TPSA) is 21.3 Å². The van der Waals surface area contributed by atoms with Crippen molar-refractivity contribution < 1.29 is 4.74 Å². The van der Waals surface area contributed by atoms with E-state index >= 15 is 0 Å². The van der Waals surface area contributed by atoms with Crippen LogP contribution in [-0.2, 0) is 4.74 Å². The lowest BCUT2D eigenvalue weighted by molar-refractivity contribution is 0.0880. The van der Waals surface area contributed by atoms with Crippen LogP contribution in [0, 0.1) is 5.92 Å². The molecule has 0 aromatic heterocycles. The number of hydrogen-bond acceptors (Lipinski definition) is 2. The minimum Gasteiger partial charge on any atom is -0.373 e. The van der Waals surface area contributed by atoms with Gasteiger partial charge in [-0.25, -0.2) is 0 Å². The van der Waals surface area contributed by atoms with E-state index in [-0.39, 0.29) is 6.10 Å². The van der Waals surface area contributed by atoms with Crippen LogP contribution in [0.4, 0.5) is 0 Å². The lowest BCUT2D eigenvalue weighted by Crippen LogP contribution is -2.28. The summed E-state index contributed by atoms with van der Waals surface area (Å²) < 4.78 is 5.72. The van der Waals surface area contributed by atoms with Gasteiger partial charge in [0.05, 0.1) is 12.7 Å². The highest BCUT2D eigenvalue weighted by Crippen LogP contribution is 2.01. The average molecular weight is 261 g/mol. The summed E-state index contributed by atoms with van der Waals surface area (Å²) >= 11 is 0. The third-order valence-corrected chi connectivity index (χ3v) is 2.92. The molecule has 0 saturated carbocycles. The Balaban J connectivity index is 2.07. The zero-order valence-corrected chi connectivity index (χ0v) is 12.4. The lowest BCUT2D eigenvalue weighted by atomic mass is 10.1. The molecule has 0 aliphatic carbocycles. The minimum atomic E-state index is 0.257. The van der Waals surface area contributed by atoms with Crippen molar-refractivity contribution in [1.82, 2.24) is 5.32 Å². The highest BCUT2D eigenvalue weighted by Gasteiger charge is 2.00. The largest absolute Gasteiger partial charge is 0.373 e. The molecule has 0 radical (unpaired) electrons. The number of rotatable bonds is 9. The van der Waals surface area contributed by atoms with Gasteiger partial charge >= 0.3 is 0 Å². The first-order chi connectivity index (χ1) is 9.18. The van der Waals surface area contributed by atoms with Gasteiger partial charge in [0.15, 0.2) is 0 Å². The molecule has 1 atom stereocenters. The third-order valence-electron chi connectivity index (χ3n) is 2.92. The Hall–Kier alpha value is -1.12. The Kier molecular flexibility index (Phi) is 8.19. The van der Waals surface area contributed by atoms with Gasteiger partial charge < -0.3 is 10.1 Å². The van der Waals surface area contributed by atoms with Crippen LogP contribution in [0.5, 0.6) is 0 Å². The smallest absolute Gasteiger partial charge is 0.0675 e. The van der Waals surface area contributed by atoms with Crippen LogP contribution in [0.2, 0.25) is 0 Å². The maximum Gasteiger partial charge on any atom is 0.0675 e. The summed E-state index contributed by atoms with van der Waals surface area (Å²) in [7, 11) is 0. The van der Waals surface area contributed by atoms with E-state index in [1.807, 2.05) is 18.2 Å². The molecule has 106 valence electrons. The molecule has 0 aliphatic heterocycles. The van der Waals surface area contributed by atoms with Crippen molar-refractivity contribution in [2.75, 3.05) is 19.7 Å². The van der Waals surface area contributed by atoms with Gasteiger partial charge in [0, 0.05) is 6.54 Å². The molecule has 0 aliphatic rings. The van der Waals surface area contributed by atoms with Gasteiger partial charge in [0.25, 0.3) is 0 Å². The summed E-state index contributed by atoms with van der Waals surface area (Å²) in [6.07, 6.45) is 5.65. The molecule has 0 saturated heterocycles. The van der Waals surface area contributed by atoms with Crippen molar-refractivity contribution in [2.45, 2.75) is 33.3 Å². The van der Waals surface area contributed by atoms with Crippen LogP contribution in [0.25, 0.3) is 6.08 Å². The number of hydrogen-bond donors (Lipinski definition) is 1. The van der Waals surface area contributed by atoms with Gasteiger partial charge in [0.2, 0.25) is 0 Å². The standard InChI is InChI=1S/C17H27NO/c1-15(2)11-12-18-14-16(3)19-13-7-10-17-8-5-4-6-9-17/h4-10,15-16,18H,11-14H2,1-3H3. The predicted octanol–water partition coefficient (Wildman–Crippen LogP) is 3.74. The molecule has 0 spiro atoms. The van der Waals surface area contributed by atoms with E-state index in [0.29, 0.717) is 6.61 Å². The summed E-state index contributed by atoms with van der Waals surface area (Å²) in [5.41, 5.74) is 1.22. The quantitative estimate of drug-likeness (QED) is 0.684. The van der Waals surface area contributed by atoms with E-state index in [0.717, 1.165) is 19.0 Å². The highest BCUT2D eigenvalue weighted by atomic mass is 16.5.